The maximum atomic E-state index is 12.6. The number of hydrogen-bond donors (Lipinski definition) is 0. The second-order valence-corrected chi connectivity index (χ2v) is 7.49. The number of nitrogens with zero attached hydrogens (tertiary/aromatic N) is 3. The van der Waals surface area contributed by atoms with Gasteiger partial charge in [0.2, 0.25) is 5.91 Å². The Hall–Kier alpha value is -2.14. The monoisotopic (exact) mass is 353 g/mol. The first kappa shape index (κ1) is 17.3. The molecule has 4 rings (SSSR count). The summed E-state index contributed by atoms with van der Waals surface area (Å²) in [4.78, 5) is 21.4. The fourth-order valence-corrected chi connectivity index (χ4v) is 4.03. The van der Waals surface area contributed by atoms with Crippen molar-refractivity contribution in [2.24, 2.45) is 0 Å². The predicted molar refractivity (Wildman–Crippen MR) is 100.0 cm³/mol. The van der Waals surface area contributed by atoms with Crippen LogP contribution in [0.2, 0.25) is 0 Å². The number of benzene rings is 1. The van der Waals surface area contributed by atoms with Gasteiger partial charge < -0.3 is 9.32 Å². The molecule has 0 spiro atoms. The van der Waals surface area contributed by atoms with E-state index in [0.29, 0.717) is 6.54 Å². The molecule has 2 aromatic rings. The molecule has 1 atom stereocenters. The summed E-state index contributed by atoms with van der Waals surface area (Å²) >= 11 is 0. The standard InChI is InChI=1S/C21H27N3O2/c25-20(16-23-10-4-5-11-23)24-12-6-9-18(15-24)21-22-14-19(26-21)13-17-7-2-1-3-8-17/h1-3,7-8,14,18H,4-6,9-13,15-16H2/t18-/m1/s1. The number of hydrogen-bond acceptors (Lipinski definition) is 4. The lowest BCUT2D eigenvalue weighted by atomic mass is 9.98. The van der Waals surface area contributed by atoms with E-state index in [1.807, 2.05) is 29.3 Å². The van der Waals surface area contributed by atoms with Gasteiger partial charge in [0.05, 0.1) is 18.7 Å². The molecule has 5 heteroatoms. The van der Waals surface area contributed by atoms with Crippen LogP contribution in [0.3, 0.4) is 0 Å². The third-order valence-corrected chi connectivity index (χ3v) is 5.47. The minimum absolute atomic E-state index is 0.218. The molecule has 26 heavy (non-hydrogen) atoms. The van der Waals surface area contributed by atoms with Crippen molar-refractivity contribution in [2.75, 3.05) is 32.7 Å². The van der Waals surface area contributed by atoms with Crippen molar-refractivity contribution in [2.45, 2.75) is 38.0 Å². The molecule has 1 aromatic carbocycles. The lowest BCUT2D eigenvalue weighted by molar-refractivity contribution is -0.133. The van der Waals surface area contributed by atoms with E-state index in [-0.39, 0.29) is 11.8 Å². The zero-order chi connectivity index (χ0) is 17.8. The zero-order valence-electron chi connectivity index (χ0n) is 15.3. The molecule has 1 amide bonds. The molecule has 2 saturated heterocycles. The molecule has 0 bridgehead atoms. The third-order valence-electron chi connectivity index (χ3n) is 5.47. The minimum Gasteiger partial charge on any atom is -0.445 e. The molecule has 2 aliphatic heterocycles. The van der Waals surface area contributed by atoms with Crippen LogP contribution in [-0.4, -0.2) is 53.4 Å². The van der Waals surface area contributed by atoms with Gasteiger partial charge in [-0.3, -0.25) is 9.69 Å². The summed E-state index contributed by atoms with van der Waals surface area (Å²) in [6.45, 7) is 4.29. The Morgan fingerprint density at radius 3 is 2.73 bits per heavy atom. The maximum absolute atomic E-state index is 12.6. The summed E-state index contributed by atoms with van der Waals surface area (Å²) in [6.07, 6.45) is 7.10. The van der Waals surface area contributed by atoms with E-state index in [1.165, 1.54) is 18.4 Å². The quantitative estimate of drug-likeness (QED) is 0.829. The molecule has 1 aromatic heterocycles. The van der Waals surface area contributed by atoms with Crippen LogP contribution in [-0.2, 0) is 11.2 Å². The van der Waals surface area contributed by atoms with Crippen LogP contribution < -0.4 is 0 Å². The van der Waals surface area contributed by atoms with Gasteiger partial charge in [-0.2, -0.15) is 0 Å². The van der Waals surface area contributed by atoms with Crippen molar-refractivity contribution < 1.29 is 9.21 Å². The topological polar surface area (TPSA) is 49.6 Å². The van der Waals surface area contributed by atoms with E-state index in [0.717, 1.165) is 57.1 Å². The highest BCUT2D eigenvalue weighted by Gasteiger charge is 2.29. The molecule has 5 nitrogen and oxygen atoms in total. The van der Waals surface area contributed by atoms with Gasteiger partial charge in [-0.1, -0.05) is 30.3 Å². The Balaban J connectivity index is 1.36. The van der Waals surface area contributed by atoms with Crippen LogP contribution >= 0.6 is 0 Å². The molecular weight excluding hydrogens is 326 g/mol. The van der Waals surface area contributed by atoms with Crippen LogP contribution in [0.15, 0.2) is 40.9 Å². The Morgan fingerprint density at radius 2 is 1.92 bits per heavy atom. The Kier molecular flexibility index (Phi) is 5.34. The number of amides is 1. The average molecular weight is 353 g/mol. The van der Waals surface area contributed by atoms with Gasteiger partial charge in [-0.05, 0) is 44.3 Å². The predicted octanol–water partition coefficient (Wildman–Crippen LogP) is 3.07. The van der Waals surface area contributed by atoms with Gasteiger partial charge in [0.25, 0.3) is 0 Å². The number of carbonyl (C=O) groups excluding carboxylic acids is 1. The van der Waals surface area contributed by atoms with Gasteiger partial charge in [0.15, 0.2) is 5.89 Å². The van der Waals surface area contributed by atoms with E-state index in [9.17, 15) is 4.79 Å². The first-order chi connectivity index (χ1) is 12.8. The van der Waals surface area contributed by atoms with Crippen molar-refractivity contribution in [1.82, 2.24) is 14.8 Å². The molecule has 3 heterocycles. The van der Waals surface area contributed by atoms with Gasteiger partial charge in [0.1, 0.15) is 5.76 Å². The van der Waals surface area contributed by atoms with Crippen molar-refractivity contribution in [1.29, 1.82) is 0 Å². The smallest absolute Gasteiger partial charge is 0.236 e. The van der Waals surface area contributed by atoms with Gasteiger partial charge in [0, 0.05) is 19.5 Å². The van der Waals surface area contributed by atoms with Crippen molar-refractivity contribution in [3.63, 3.8) is 0 Å². The van der Waals surface area contributed by atoms with E-state index in [1.54, 1.807) is 0 Å². The Bertz CT molecular complexity index is 722. The van der Waals surface area contributed by atoms with Crippen LogP contribution in [0.4, 0.5) is 0 Å². The molecule has 2 fully saturated rings. The third kappa shape index (κ3) is 4.15. The average Bonchev–Trinajstić information content (AvgIpc) is 3.35. The number of aromatic nitrogens is 1. The summed E-state index contributed by atoms with van der Waals surface area (Å²) < 4.78 is 6.03. The molecule has 138 valence electrons. The van der Waals surface area contributed by atoms with E-state index >= 15 is 0 Å². The molecule has 2 aliphatic rings. The number of likely N-dealkylation sites (tertiary alicyclic amines) is 2. The Labute approximate surface area is 155 Å². The van der Waals surface area contributed by atoms with Crippen molar-refractivity contribution >= 4 is 5.91 Å². The number of rotatable bonds is 5. The highest BCUT2D eigenvalue weighted by atomic mass is 16.4. The number of oxazole rings is 1. The number of piperidine rings is 1. The summed E-state index contributed by atoms with van der Waals surface area (Å²) in [5.41, 5.74) is 1.22. The van der Waals surface area contributed by atoms with Crippen LogP contribution in [0.25, 0.3) is 0 Å². The second kappa shape index (κ2) is 8.04. The Morgan fingerprint density at radius 1 is 1.12 bits per heavy atom. The second-order valence-electron chi connectivity index (χ2n) is 7.49. The van der Waals surface area contributed by atoms with E-state index in [4.69, 9.17) is 4.42 Å². The SMILES string of the molecule is O=C(CN1CCCC1)N1CCC[C@@H](c2ncc(Cc3ccccc3)o2)C1. The summed E-state index contributed by atoms with van der Waals surface area (Å²) in [7, 11) is 0. The molecule has 0 saturated carbocycles. The highest BCUT2D eigenvalue weighted by molar-refractivity contribution is 5.78. The molecular formula is C21H27N3O2. The number of carbonyl (C=O) groups is 1. The van der Waals surface area contributed by atoms with Crippen LogP contribution in [0.1, 0.15) is 48.8 Å². The largest absolute Gasteiger partial charge is 0.445 e. The molecule has 0 unspecified atom stereocenters. The lowest BCUT2D eigenvalue weighted by Gasteiger charge is -2.32. The van der Waals surface area contributed by atoms with Crippen LogP contribution in [0.5, 0.6) is 0 Å². The van der Waals surface area contributed by atoms with Crippen molar-refractivity contribution in [3.8, 4) is 0 Å². The van der Waals surface area contributed by atoms with Crippen LogP contribution in [0, 0.1) is 0 Å². The summed E-state index contributed by atoms with van der Waals surface area (Å²) in [6, 6.07) is 10.3. The molecule has 0 N–H and O–H groups in total. The molecule has 0 radical (unpaired) electrons. The minimum atomic E-state index is 0.218. The van der Waals surface area contributed by atoms with Crippen molar-refractivity contribution in [3.05, 3.63) is 53.7 Å². The highest BCUT2D eigenvalue weighted by Crippen LogP contribution is 2.27. The first-order valence-corrected chi connectivity index (χ1v) is 9.76. The summed E-state index contributed by atoms with van der Waals surface area (Å²) in [5, 5.41) is 0. The fraction of sp³-hybridized carbons (Fsp3) is 0.524. The van der Waals surface area contributed by atoms with E-state index < -0.39 is 0 Å². The fourth-order valence-electron chi connectivity index (χ4n) is 4.03. The summed E-state index contributed by atoms with van der Waals surface area (Å²) in [5.74, 6) is 2.16. The maximum Gasteiger partial charge on any atom is 0.236 e. The molecule has 0 aliphatic carbocycles. The van der Waals surface area contributed by atoms with Gasteiger partial charge >= 0.3 is 0 Å². The first-order valence-electron chi connectivity index (χ1n) is 9.76. The zero-order valence-corrected chi connectivity index (χ0v) is 15.3. The van der Waals surface area contributed by atoms with E-state index in [2.05, 4.69) is 22.0 Å². The van der Waals surface area contributed by atoms with Gasteiger partial charge in [-0.25, -0.2) is 4.98 Å². The lowest BCUT2D eigenvalue weighted by Crippen LogP contribution is -2.44. The van der Waals surface area contributed by atoms with Gasteiger partial charge in [-0.15, -0.1) is 0 Å². The normalized spacial score (nSPS) is 21.2.